The molecule has 0 heterocycles. The average Bonchev–Trinajstić information content (AvgIpc) is 3.18. The fourth-order valence-corrected chi connectivity index (χ4v) is 4.69. The Morgan fingerprint density at radius 1 is 1.45 bits per heavy atom. The van der Waals surface area contributed by atoms with Gasteiger partial charge >= 0.3 is 0 Å². The van der Waals surface area contributed by atoms with Crippen LogP contribution in [0.1, 0.15) is 18.4 Å². The summed E-state index contributed by atoms with van der Waals surface area (Å²) in [5.41, 5.74) is 6.94. The van der Waals surface area contributed by atoms with Gasteiger partial charge in [0.1, 0.15) is 0 Å². The number of hydrogen-bond donors (Lipinski definition) is 1. The van der Waals surface area contributed by atoms with Gasteiger partial charge in [-0.3, -0.25) is 0 Å². The molecule has 1 aromatic rings. The molecular weight excluding hydrogens is 344 g/mol. The summed E-state index contributed by atoms with van der Waals surface area (Å²) in [4.78, 5) is 0.271. The zero-order valence-corrected chi connectivity index (χ0v) is 14.0. The Bertz CT molecular complexity index is 600. The number of sulfonamides is 1. The summed E-state index contributed by atoms with van der Waals surface area (Å²) in [6.07, 6.45) is 1.82. The Hall–Kier alpha value is -0.630. The quantitative estimate of drug-likeness (QED) is 0.786. The highest BCUT2D eigenvalue weighted by atomic mass is 79.9. The zero-order chi connectivity index (χ0) is 14.9. The van der Waals surface area contributed by atoms with Crippen LogP contribution in [0.3, 0.4) is 0 Å². The number of methoxy groups -OCH3 is 1. The molecular formula is C13H19BrN2O3S. The maximum atomic E-state index is 12.8. The Morgan fingerprint density at radius 2 is 2.10 bits per heavy atom. The van der Waals surface area contributed by atoms with E-state index in [9.17, 15) is 8.42 Å². The van der Waals surface area contributed by atoms with Crippen LogP contribution in [-0.2, 0) is 14.8 Å². The molecule has 0 atom stereocenters. The van der Waals surface area contributed by atoms with Crippen molar-refractivity contribution in [3.63, 3.8) is 0 Å². The third-order valence-electron chi connectivity index (χ3n) is 3.42. The predicted molar refractivity (Wildman–Crippen MR) is 82.1 cm³/mol. The van der Waals surface area contributed by atoms with Gasteiger partial charge in [0.25, 0.3) is 0 Å². The van der Waals surface area contributed by atoms with Crippen molar-refractivity contribution in [3.8, 4) is 0 Å². The van der Waals surface area contributed by atoms with E-state index in [1.165, 1.54) is 4.31 Å². The minimum atomic E-state index is -3.54. The number of halogens is 1. The standard InChI is InChI=1S/C13H19BrN2O3S/c1-9-12(15)7-10(14)8-13(9)20(17,18)16(5-6-19-2)11-3-4-11/h7-8,11H,3-6,15H2,1-2H3. The lowest BCUT2D eigenvalue weighted by molar-refractivity contribution is 0.177. The van der Waals surface area contributed by atoms with Gasteiger partial charge in [0.2, 0.25) is 10.0 Å². The van der Waals surface area contributed by atoms with E-state index >= 15 is 0 Å². The van der Waals surface area contributed by atoms with Crippen LogP contribution in [0.2, 0.25) is 0 Å². The second-order valence-corrected chi connectivity index (χ2v) is 7.73. The van der Waals surface area contributed by atoms with Gasteiger partial charge in [0.05, 0.1) is 11.5 Å². The predicted octanol–water partition coefficient (Wildman–Crippen LogP) is 2.14. The molecule has 0 radical (unpaired) electrons. The molecule has 0 saturated heterocycles. The van der Waals surface area contributed by atoms with Crippen LogP contribution in [0.15, 0.2) is 21.5 Å². The van der Waals surface area contributed by atoms with E-state index in [-0.39, 0.29) is 10.9 Å². The molecule has 0 unspecified atom stereocenters. The fourth-order valence-electron chi connectivity index (χ4n) is 2.11. The van der Waals surface area contributed by atoms with Crippen LogP contribution in [0, 0.1) is 6.92 Å². The molecule has 1 fully saturated rings. The van der Waals surface area contributed by atoms with E-state index < -0.39 is 10.0 Å². The van der Waals surface area contributed by atoms with E-state index in [1.54, 1.807) is 26.2 Å². The molecule has 1 aromatic carbocycles. The van der Waals surface area contributed by atoms with Gasteiger partial charge in [-0.15, -0.1) is 0 Å². The number of hydrogen-bond acceptors (Lipinski definition) is 4. The number of nitrogen functional groups attached to an aromatic ring is 1. The Kier molecular flexibility index (Phi) is 4.73. The number of rotatable bonds is 6. The van der Waals surface area contributed by atoms with Crippen molar-refractivity contribution in [2.24, 2.45) is 0 Å². The minimum Gasteiger partial charge on any atom is -0.398 e. The summed E-state index contributed by atoms with van der Waals surface area (Å²) in [5, 5.41) is 0. The third kappa shape index (κ3) is 3.16. The second-order valence-electron chi connectivity index (χ2n) is 4.96. The first-order chi connectivity index (χ1) is 9.37. The normalized spacial score (nSPS) is 15.8. The maximum absolute atomic E-state index is 12.8. The van der Waals surface area contributed by atoms with E-state index in [4.69, 9.17) is 10.5 Å². The minimum absolute atomic E-state index is 0.0924. The SMILES string of the molecule is COCCN(C1CC1)S(=O)(=O)c1cc(Br)cc(N)c1C. The number of nitrogens with two attached hydrogens (primary N) is 1. The number of benzene rings is 1. The van der Waals surface area contributed by atoms with Crippen LogP contribution < -0.4 is 5.73 Å². The average molecular weight is 363 g/mol. The van der Waals surface area contributed by atoms with Gasteiger partial charge in [-0.05, 0) is 37.5 Å². The highest BCUT2D eigenvalue weighted by Gasteiger charge is 2.38. The molecule has 1 aliphatic carbocycles. The van der Waals surface area contributed by atoms with Gasteiger partial charge in [-0.25, -0.2) is 8.42 Å². The van der Waals surface area contributed by atoms with Crippen molar-refractivity contribution in [1.82, 2.24) is 4.31 Å². The lowest BCUT2D eigenvalue weighted by atomic mass is 10.2. The van der Waals surface area contributed by atoms with Gasteiger partial charge in [-0.2, -0.15) is 4.31 Å². The summed E-state index contributed by atoms with van der Waals surface area (Å²) < 4.78 is 32.9. The third-order valence-corrected chi connectivity index (χ3v) is 5.96. The maximum Gasteiger partial charge on any atom is 0.243 e. The fraction of sp³-hybridized carbons (Fsp3) is 0.538. The molecule has 5 nitrogen and oxygen atoms in total. The number of nitrogens with zero attached hydrogens (tertiary/aromatic N) is 1. The Morgan fingerprint density at radius 3 is 2.65 bits per heavy atom. The van der Waals surface area contributed by atoms with Crippen molar-refractivity contribution in [3.05, 3.63) is 22.2 Å². The highest BCUT2D eigenvalue weighted by Crippen LogP contribution is 2.35. The Labute approximate surface area is 128 Å². The molecule has 2 rings (SSSR count). The molecule has 0 amide bonds. The number of anilines is 1. The summed E-state index contributed by atoms with van der Waals surface area (Å²) in [6, 6.07) is 3.42. The molecule has 0 aliphatic heterocycles. The van der Waals surface area contributed by atoms with Gasteiger partial charge in [-0.1, -0.05) is 15.9 Å². The molecule has 1 saturated carbocycles. The van der Waals surface area contributed by atoms with Crippen LogP contribution in [-0.4, -0.2) is 39.0 Å². The second kappa shape index (κ2) is 6.01. The lowest BCUT2D eigenvalue weighted by Crippen LogP contribution is -2.36. The topological polar surface area (TPSA) is 72.6 Å². The summed E-state index contributed by atoms with van der Waals surface area (Å²) in [5.74, 6) is 0. The molecule has 20 heavy (non-hydrogen) atoms. The van der Waals surface area contributed by atoms with E-state index in [2.05, 4.69) is 15.9 Å². The first-order valence-electron chi connectivity index (χ1n) is 6.44. The van der Waals surface area contributed by atoms with Gasteiger partial charge in [0, 0.05) is 29.9 Å². The van der Waals surface area contributed by atoms with Gasteiger partial charge < -0.3 is 10.5 Å². The van der Waals surface area contributed by atoms with Crippen molar-refractivity contribution >= 4 is 31.6 Å². The van der Waals surface area contributed by atoms with Crippen molar-refractivity contribution < 1.29 is 13.2 Å². The van der Waals surface area contributed by atoms with Crippen LogP contribution in [0.4, 0.5) is 5.69 Å². The molecule has 7 heteroatoms. The molecule has 0 spiro atoms. The van der Waals surface area contributed by atoms with E-state index in [0.717, 1.165) is 12.8 Å². The van der Waals surface area contributed by atoms with Crippen LogP contribution in [0.25, 0.3) is 0 Å². The first-order valence-corrected chi connectivity index (χ1v) is 8.67. The van der Waals surface area contributed by atoms with Crippen LogP contribution in [0.5, 0.6) is 0 Å². The molecule has 112 valence electrons. The van der Waals surface area contributed by atoms with E-state index in [1.807, 2.05) is 0 Å². The monoisotopic (exact) mass is 362 g/mol. The van der Waals surface area contributed by atoms with Gasteiger partial charge in [0.15, 0.2) is 0 Å². The van der Waals surface area contributed by atoms with Crippen LogP contribution >= 0.6 is 15.9 Å². The molecule has 1 aliphatic rings. The van der Waals surface area contributed by atoms with Crippen molar-refractivity contribution in [2.45, 2.75) is 30.7 Å². The lowest BCUT2D eigenvalue weighted by Gasteiger charge is -2.23. The summed E-state index contributed by atoms with van der Waals surface area (Å²) in [7, 11) is -1.97. The molecule has 0 bridgehead atoms. The first kappa shape index (κ1) is 15.8. The van der Waals surface area contributed by atoms with Crippen molar-refractivity contribution in [1.29, 1.82) is 0 Å². The molecule has 2 N–H and O–H groups in total. The zero-order valence-electron chi connectivity index (χ0n) is 11.6. The largest absolute Gasteiger partial charge is 0.398 e. The summed E-state index contributed by atoms with van der Waals surface area (Å²) in [6.45, 7) is 2.49. The Balaban J connectivity index is 2.42. The molecule has 0 aromatic heterocycles. The smallest absolute Gasteiger partial charge is 0.243 e. The van der Waals surface area contributed by atoms with E-state index in [0.29, 0.717) is 28.9 Å². The van der Waals surface area contributed by atoms with Crippen molar-refractivity contribution in [2.75, 3.05) is 26.0 Å². The highest BCUT2D eigenvalue weighted by molar-refractivity contribution is 9.10. The summed E-state index contributed by atoms with van der Waals surface area (Å²) >= 11 is 3.31. The number of ether oxygens (including phenoxy) is 1.